The number of halogens is 3. The van der Waals surface area contributed by atoms with Crippen molar-refractivity contribution in [2.24, 2.45) is 0 Å². The Morgan fingerprint density at radius 1 is 1.22 bits per heavy atom. The third kappa shape index (κ3) is 2.82. The van der Waals surface area contributed by atoms with Gasteiger partial charge in [-0.3, -0.25) is 4.98 Å². The van der Waals surface area contributed by atoms with Crippen molar-refractivity contribution in [2.75, 3.05) is 0 Å². The summed E-state index contributed by atoms with van der Waals surface area (Å²) in [5.41, 5.74) is 1.61. The molecule has 4 heteroatoms. The van der Waals surface area contributed by atoms with Crippen molar-refractivity contribution in [1.82, 2.24) is 4.98 Å². The minimum absolute atomic E-state index is 0.00386. The number of hydrogen-bond donors (Lipinski definition) is 0. The maximum atomic E-state index is 13.0. The molecular weight excluding hydrogens is 272 g/mol. The highest BCUT2D eigenvalue weighted by Gasteiger charge is 2.21. The molecule has 0 spiro atoms. The van der Waals surface area contributed by atoms with E-state index in [0.29, 0.717) is 5.02 Å². The number of rotatable bonds is 3. The first-order chi connectivity index (χ1) is 8.59. The van der Waals surface area contributed by atoms with Crippen molar-refractivity contribution in [2.45, 2.75) is 18.2 Å². The van der Waals surface area contributed by atoms with Gasteiger partial charge >= 0.3 is 0 Å². The minimum atomic E-state index is -0.363. The Morgan fingerprint density at radius 3 is 2.61 bits per heavy atom. The van der Waals surface area contributed by atoms with E-state index in [1.165, 1.54) is 12.1 Å². The fourth-order valence-corrected chi connectivity index (χ4v) is 2.45. The normalized spacial score (nSPS) is 14.2. The maximum absolute atomic E-state index is 13.0. The topological polar surface area (TPSA) is 12.9 Å². The van der Waals surface area contributed by atoms with Crippen LogP contribution < -0.4 is 0 Å². The van der Waals surface area contributed by atoms with Gasteiger partial charge in [-0.15, -0.1) is 11.6 Å². The van der Waals surface area contributed by atoms with Gasteiger partial charge in [0.15, 0.2) is 0 Å². The fourth-order valence-electron chi connectivity index (χ4n) is 1.79. The second kappa shape index (κ2) is 5.68. The van der Waals surface area contributed by atoms with E-state index in [2.05, 4.69) is 4.98 Å². The van der Waals surface area contributed by atoms with E-state index < -0.39 is 0 Å². The summed E-state index contributed by atoms with van der Waals surface area (Å²) in [7, 11) is 0. The number of aromatic nitrogens is 1. The molecule has 1 heterocycles. The van der Waals surface area contributed by atoms with Crippen LogP contribution in [0.15, 0.2) is 42.6 Å². The summed E-state index contributed by atoms with van der Waals surface area (Å²) in [6.07, 6.45) is 1.72. The molecule has 0 saturated carbocycles. The van der Waals surface area contributed by atoms with E-state index >= 15 is 0 Å². The molecule has 2 atom stereocenters. The second-order valence-electron chi connectivity index (χ2n) is 4.11. The first-order valence-corrected chi connectivity index (χ1v) is 6.41. The summed E-state index contributed by atoms with van der Waals surface area (Å²) >= 11 is 12.4. The number of hydrogen-bond acceptors (Lipinski definition) is 1. The molecule has 2 rings (SSSR count). The number of nitrogens with zero attached hydrogens (tertiary/aromatic N) is 1. The van der Waals surface area contributed by atoms with Gasteiger partial charge < -0.3 is 0 Å². The molecule has 1 nitrogen and oxygen atoms in total. The Bertz CT molecular complexity index is 531. The highest BCUT2D eigenvalue weighted by Crippen LogP contribution is 2.38. The van der Waals surface area contributed by atoms with Gasteiger partial charge in [-0.25, -0.2) is 4.39 Å². The molecular formula is C14H12Cl2FN. The molecule has 0 fully saturated rings. The third-order valence-corrected chi connectivity index (χ3v) is 3.79. The Balaban J connectivity index is 2.28. The number of benzene rings is 1. The van der Waals surface area contributed by atoms with Crippen LogP contribution in [-0.4, -0.2) is 4.98 Å². The van der Waals surface area contributed by atoms with Crippen LogP contribution in [0.1, 0.15) is 29.5 Å². The lowest BCUT2D eigenvalue weighted by molar-refractivity contribution is 0.625. The van der Waals surface area contributed by atoms with E-state index in [0.717, 1.165) is 11.3 Å². The monoisotopic (exact) mass is 283 g/mol. The third-order valence-electron chi connectivity index (χ3n) is 2.85. The quantitative estimate of drug-likeness (QED) is 0.726. The van der Waals surface area contributed by atoms with Gasteiger partial charge in [0.2, 0.25) is 0 Å². The molecule has 0 aliphatic rings. The van der Waals surface area contributed by atoms with Crippen LogP contribution in [0.25, 0.3) is 0 Å². The molecule has 0 radical (unpaired) electrons. The van der Waals surface area contributed by atoms with Crippen LogP contribution in [0, 0.1) is 5.82 Å². The Labute approximate surface area is 116 Å². The van der Waals surface area contributed by atoms with Gasteiger partial charge in [-0.1, -0.05) is 30.7 Å². The summed E-state index contributed by atoms with van der Waals surface area (Å²) in [6.45, 7) is 1.97. The van der Waals surface area contributed by atoms with E-state index in [-0.39, 0.29) is 17.1 Å². The predicted molar refractivity (Wildman–Crippen MR) is 72.7 cm³/mol. The van der Waals surface area contributed by atoms with Crippen LogP contribution >= 0.6 is 23.2 Å². The van der Waals surface area contributed by atoms with Gasteiger partial charge in [-0.05, 0) is 29.8 Å². The van der Waals surface area contributed by atoms with Crippen LogP contribution in [0.4, 0.5) is 4.39 Å². The molecule has 0 aliphatic carbocycles. The molecule has 1 aromatic carbocycles. The van der Waals surface area contributed by atoms with Crippen molar-refractivity contribution in [1.29, 1.82) is 0 Å². The zero-order valence-corrected chi connectivity index (χ0v) is 11.3. The summed E-state index contributed by atoms with van der Waals surface area (Å²) in [5, 5.41) is 0.00535. The lowest BCUT2D eigenvalue weighted by atomic mass is 9.97. The largest absolute Gasteiger partial charge is 0.261 e. The fraction of sp³-hybridized carbons (Fsp3) is 0.214. The number of pyridine rings is 1. The minimum Gasteiger partial charge on any atom is -0.261 e. The zero-order chi connectivity index (χ0) is 13.1. The lowest BCUT2D eigenvalue weighted by Gasteiger charge is -2.19. The highest BCUT2D eigenvalue weighted by molar-refractivity contribution is 6.32. The smallest absolute Gasteiger partial charge is 0.124 e. The average Bonchev–Trinajstić information content (AvgIpc) is 2.38. The van der Waals surface area contributed by atoms with Crippen molar-refractivity contribution in [3.63, 3.8) is 0 Å². The lowest BCUT2D eigenvalue weighted by Crippen LogP contribution is -2.05. The van der Waals surface area contributed by atoms with Gasteiger partial charge in [0.1, 0.15) is 5.82 Å². The molecule has 0 amide bonds. The molecule has 2 aromatic rings. The Kier molecular flexibility index (Phi) is 4.20. The molecule has 18 heavy (non-hydrogen) atoms. The van der Waals surface area contributed by atoms with Gasteiger partial charge in [0.25, 0.3) is 0 Å². The standard InChI is InChI=1S/C14H12Cl2FN/c1-9(13-4-2-3-7-18-13)14(16)11-6-5-10(17)8-12(11)15/h2-9,14H,1H3. The molecule has 94 valence electrons. The first kappa shape index (κ1) is 13.3. The summed E-state index contributed by atoms with van der Waals surface area (Å²) in [6, 6.07) is 9.93. The van der Waals surface area contributed by atoms with E-state index in [1.54, 1.807) is 12.3 Å². The molecule has 0 bridgehead atoms. The van der Waals surface area contributed by atoms with E-state index in [1.807, 2.05) is 25.1 Å². The highest BCUT2D eigenvalue weighted by atomic mass is 35.5. The van der Waals surface area contributed by atoms with Gasteiger partial charge in [0, 0.05) is 22.8 Å². The number of alkyl halides is 1. The molecule has 0 saturated heterocycles. The molecule has 0 aliphatic heterocycles. The maximum Gasteiger partial charge on any atom is 0.124 e. The van der Waals surface area contributed by atoms with Crippen LogP contribution in [-0.2, 0) is 0 Å². The van der Waals surface area contributed by atoms with Gasteiger partial charge in [-0.2, -0.15) is 0 Å². The van der Waals surface area contributed by atoms with Crippen LogP contribution in [0.5, 0.6) is 0 Å². The molecule has 2 unspecified atom stereocenters. The summed E-state index contributed by atoms with van der Waals surface area (Å²) in [5.74, 6) is -0.367. The van der Waals surface area contributed by atoms with Crippen molar-refractivity contribution >= 4 is 23.2 Å². The van der Waals surface area contributed by atoms with Crippen molar-refractivity contribution < 1.29 is 4.39 Å². The van der Waals surface area contributed by atoms with E-state index in [4.69, 9.17) is 23.2 Å². The van der Waals surface area contributed by atoms with Crippen molar-refractivity contribution in [3.8, 4) is 0 Å². The Hall–Kier alpha value is -1.12. The summed E-state index contributed by atoms with van der Waals surface area (Å²) < 4.78 is 13.0. The van der Waals surface area contributed by atoms with Crippen LogP contribution in [0.3, 0.4) is 0 Å². The van der Waals surface area contributed by atoms with Crippen LogP contribution in [0.2, 0.25) is 5.02 Å². The second-order valence-corrected chi connectivity index (χ2v) is 4.99. The molecule has 0 N–H and O–H groups in total. The zero-order valence-electron chi connectivity index (χ0n) is 9.78. The Morgan fingerprint density at radius 2 is 2.00 bits per heavy atom. The average molecular weight is 284 g/mol. The van der Waals surface area contributed by atoms with E-state index in [9.17, 15) is 4.39 Å². The SMILES string of the molecule is CC(c1ccccn1)C(Cl)c1ccc(F)cc1Cl. The molecule has 1 aromatic heterocycles. The first-order valence-electron chi connectivity index (χ1n) is 5.59. The van der Waals surface area contributed by atoms with Gasteiger partial charge in [0.05, 0.1) is 5.38 Å². The predicted octanol–water partition coefficient (Wildman–Crippen LogP) is 4.96. The summed E-state index contributed by atoms with van der Waals surface area (Å²) in [4.78, 5) is 4.27. The van der Waals surface area contributed by atoms with Crippen molar-refractivity contribution in [3.05, 3.63) is 64.7 Å².